The second kappa shape index (κ2) is 10.3. The fourth-order valence-electron chi connectivity index (χ4n) is 3.67. The number of carbonyl (C=O) groups is 2. The molecule has 0 saturated carbocycles. The van der Waals surface area contributed by atoms with Crippen molar-refractivity contribution >= 4 is 23.4 Å². The first kappa shape index (κ1) is 23.9. The molecule has 7 heteroatoms. The van der Waals surface area contributed by atoms with Crippen LogP contribution in [0.5, 0.6) is 11.5 Å². The quantitative estimate of drug-likeness (QED) is 0.621. The van der Waals surface area contributed by atoms with Crippen LogP contribution in [0.4, 0.5) is 0 Å². The molecule has 2 aromatic carbocycles. The first-order valence-electron chi connectivity index (χ1n) is 10.9. The van der Waals surface area contributed by atoms with Gasteiger partial charge in [-0.05, 0) is 62.9 Å². The number of rotatable bonds is 8. The van der Waals surface area contributed by atoms with Gasteiger partial charge in [-0.1, -0.05) is 42.8 Å². The van der Waals surface area contributed by atoms with Crippen LogP contribution in [0.1, 0.15) is 51.7 Å². The maximum atomic E-state index is 13.4. The van der Waals surface area contributed by atoms with Crippen LogP contribution in [0.25, 0.3) is 0 Å². The Kier molecular flexibility index (Phi) is 7.67. The van der Waals surface area contributed by atoms with E-state index in [1.54, 1.807) is 11.0 Å². The Morgan fingerprint density at radius 2 is 1.84 bits per heavy atom. The summed E-state index contributed by atoms with van der Waals surface area (Å²) in [6.07, 6.45) is 1.30. The third-order valence-electron chi connectivity index (χ3n) is 5.25. The third kappa shape index (κ3) is 6.16. The lowest BCUT2D eigenvalue weighted by molar-refractivity contribution is -0.142. The Morgan fingerprint density at radius 3 is 2.53 bits per heavy atom. The van der Waals surface area contributed by atoms with Gasteiger partial charge in [0.25, 0.3) is 0 Å². The number of fused-ring (bicyclic) bond motifs is 1. The van der Waals surface area contributed by atoms with E-state index in [-0.39, 0.29) is 31.6 Å². The van der Waals surface area contributed by atoms with Crippen molar-refractivity contribution in [2.45, 2.75) is 65.1 Å². The molecule has 0 spiro atoms. The van der Waals surface area contributed by atoms with E-state index in [0.29, 0.717) is 29.4 Å². The van der Waals surface area contributed by atoms with Crippen molar-refractivity contribution in [2.24, 2.45) is 0 Å². The predicted octanol–water partition coefficient (Wildman–Crippen LogP) is 4.72. The molecule has 32 heavy (non-hydrogen) atoms. The van der Waals surface area contributed by atoms with Crippen molar-refractivity contribution in [1.29, 1.82) is 0 Å². The van der Waals surface area contributed by atoms with Crippen LogP contribution in [-0.2, 0) is 22.6 Å². The number of ether oxygens (including phenoxy) is 2. The van der Waals surface area contributed by atoms with Crippen molar-refractivity contribution < 1.29 is 19.1 Å². The average molecular weight is 459 g/mol. The van der Waals surface area contributed by atoms with Gasteiger partial charge in [0.05, 0.1) is 0 Å². The van der Waals surface area contributed by atoms with Gasteiger partial charge in [0.15, 0.2) is 11.5 Å². The highest BCUT2D eigenvalue weighted by Crippen LogP contribution is 2.33. The maximum absolute atomic E-state index is 13.4. The fraction of sp³-hybridized carbons (Fsp3) is 0.440. The Labute approximate surface area is 194 Å². The molecule has 0 radical (unpaired) electrons. The number of hydrogen-bond donors (Lipinski definition) is 1. The van der Waals surface area contributed by atoms with Crippen LogP contribution in [-0.4, -0.2) is 35.1 Å². The van der Waals surface area contributed by atoms with Gasteiger partial charge < -0.3 is 19.7 Å². The van der Waals surface area contributed by atoms with Crippen molar-refractivity contribution in [3.8, 4) is 11.5 Å². The lowest BCUT2D eigenvalue weighted by atomic mass is 10.0. The summed E-state index contributed by atoms with van der Waals surface area (Å²) in [6.45, 7) is 8.18. The number of nitrogens with zero attached hydrogens (tertiary/aromatic N) is 1. The monoisotopic (exact) mass is 458 g/mol. The normalized spacial score (nSPS) is 13.5. The highest BCUT2D eigenvalue weighted by molar-refractivity contribution is 6.31. The van der Waals surface area contributed by atoms with Crippen LogP contribution in [0, 0.1) is 0 Å². The summed E-state index contributed by atoms with van der Waals surface area (Å²) in [5.41, 5.74) is 1.40. The van der Waals surface area contributed by atoms with E-state index in [1.807, 2.05) is 64.1 Å². The Balaban J connectivity index is 1.79. The van der Waals surface area contributed by atoms with Crippen molar-refractivity contribution in [3.63, 3.8) is 0 Å². The number of hydrogen-bond acceptors (Lipinski definition) is 4. The molecular formula is C25H31ClN2O4. The molecule has 1 aliphatic heterocycles. The zero-order valence-corrected chi connectivity index (χ0v) is 19.9. The molecule has 6 nitrogen and oxygen atoms in total. The van der Waals surface area contributed by atoms with E-state index in [9.17, 15) is 9.59 Å². The Bertz CT molecular complexity index is 971. The molecule has 0 bridgehead atoms. The largest absolute Gasteiger partial charge is 0.454 e. The van der Waals surface area contributed by atoms with Crippen molar-refractivity contribution in [3.05, 3.63) is 58.6 Å². The lowest BCUT2D eigenvalue weighted by Crippen LogP contribution is -2.53. The number of amides is 2. The van der Waals surface area contributed by atoms with E-state index >= 15 is 0 Å². The number of halogens is 1. The standard InChI is InChI=1S/C25H31ClN2O4/c1-5-20(24(30)27-25(2,3)4)28(15-18-8-6-7-9-19(18)26)23(29)13-11-17-10-12-21-22(14-17)32-16-31-21/h6-10,12,14,20H,5,11,13,15-16H2,1-4H3,(H,27,30)/t20-/m0/s1. The summed E-state index contributed by atoms with van der Waals surface area (Å²) >= 11 is 6.37. The summed E-state index contributed by atoms with van der Waals surface area (Å²) in [4.78, 5) is 28.1. The topological polar surface area (TPSA) is 67.9 Å². The highest BCUT2D eigenvalue weighted by atomic mass is 35.5. The molecule has 0 aromatic heterocycles. The Morgan fingerprint density at radius 1 is 1.12 bits per heavy atom. The summed E-state index contributed by atoms with van der Waals surface area (Å²) in [6, 6.07) is 12.5. The van der Waals surface area contributed by atoms with E-state index < -0.39 is 11.6 Å². The third-order valence-corrected chi connectivity index (χ3v) is 5.62. The molecule has 1 heterocycles. The number of aryl methyl sites for hydroxylation is 1. The fourth-order valence-corrected chi connectivity index (χ4v) is 3.87. The molecule has 0 saturated heterocycles. The summed E-state index contributed by atoms with van der Waals surface area (Å²) in [5.74, 6) is 1.14. The zero-order chi connectivity index (χ0) is 23.3. The van der Waals surface area contributed by atoms with E-state index in [4.69, 9.17) is 21.1 Å². The summed E-state index contributed by atoms with van der Waals surface area (Å²) < 4.78 is 10.8. The van der Waals surface area contributed by atoms with Crippen LogP contribution >= 0.6 is 11.6 Å². The number of carbonyl (C=O) groups excluding carboxylic acids is 2. The zero-order valence-electron chi connectivity index (χ0n) is 19.1. The molecule has 0 fully saturated rings. The van der Waals surface area contributed by atoms with Gasteiger partial charge in [-0.3, -0.25) is 9.59 Å². The molecule has 1 atom stereocenters. The van der Waals surface area contributed by atoms with Gasteiger partial charge in [-0.15, -0.1) is 0 Å². The second-order valence-corrected chi connectivity index (χ2v) is 9.37. The Hall–Kier alpha value is -2.73. The molecule has 172 valence electrons. The SMILES string of the molecule is CC[C@@H](C(=O)NC(C)(C)C)N(Cc1ccccc1Cl)C(=O)CCc1ccc2c(c1)OCO2. The van der Waals surface area contributed by atoms with Crippen molar-refractivity contribution in [1.82, 2.24) is 10.2 Å². The maximum Gasteiger partial charge on any atom is 0.243 e. The highest BCUT2D eigenvalue weighted by Gasteiger charge is 2.30. The number of nitrogens with one attached hydrogen (secondary N) is 1. The van der Waals surface area contributed by atoms with Gasteiger partial charge >= 0.3 is 0 Å². The predicted molar refractivity (Wildman–Crippen MR) is 125 cm³/mol. The summed E-state index contributed by atoms with van der Waals surface area (Å²) in [7, 11) is 0. The van der Waals surface area contributed by atoms with Gasteiger partial charge in [-0.25, -0.2) is 0 Å². The van der Waals surface area contributed by atoms with Crippen LogP contribution in [0.3, 0.4) is 0 Å². The van der Waals surface area contributed by atoms with Gasteiger partial charge in [0.2, 0.25) is 18.6 Å². The van der Waals surface area contributed by atoms with Crippen LogP contribution < -0.4 is 14.8 Å². The van der Waals surface area contributed by atoms with E-state index in [1.165, 1.54) is 0 Å². The molecular weight excluding hydrogens is 428 g/mol. The van der Waals surface area contributed by atoms with E-state index in [0.717, 1.165) is 11.1 Å². The van der Waals surface area contributed by atoms with Crippen LogP contribution in [0.15, 0.2) is 42.5 Å². The molecule has 2 aromatic rings. The number of benzene rings is 2. The molecule has 1 aliphatic rings. The lowest BCUT2D eigenvalue weighted by Gasteiger charge is -2.33. The molecule has 0 unspecified atom stereocenters. The molecule has 3 rings (SSSR count). The van der Waals surface area contributed by atoms with Gasteiger partial charge in [-0.2, -0.15) is 0 Å². The van der Waals surface area contributed by atoms with Crippen LogP contribution in [0.2, 0.25) is 5.02 Å². The minimum absolute atomic E-state index is 0.0986. The first-order valence-corrected chi connectivity index (χ1v) is 11.3. The molecule has 2 amide bonds. The van der Waals surface area contributed by atoms with Gasteiger partial charge in [0, 0.05) is 23.5 Å². The van der Waals surface area contributed by atoms with E-state index in [2.05, 4.69) is 5.32 Å². The second-order valence-electron chi connectivity index (χ2n) is 8.96. The average Bonchev–Trinajstić information content (AvgIpc) is 3.20. The smallest absolute Gasteiger partial charge is 0.243 e. The molecule has 1 N–H and O–H groups in total. The van der Waals surface area contributed by atoms with Gasteiger partial charge in [0.1, 0.15) is 6.04 Å². The minimum Gasteiger partial charge on any atom is -0.454 e. The molecule has 0 aliphatic carbocycles. The first-order chi connectivity index (χ1) is 15.2. The minimum atomic E-state index is -0.588. The van der Waals surface area contributed by atoms with Crippen molar-refractivity contribution in [2.75, 3.05) is 6.79 Å². The summed E-state index contributed by atoms with van der Waals surface area (Å²) in [5, 5.41) is 3.59.